The van der Waals surface area contributed by atoms with Crippen LogP contribution in [0.25, 0.3) is 0 Å². The number of carbonyl (C=O) groups is 2. The number of hydrogen-bond acceptors (Lipinski definition) is 3. The zero-order valence-corrected chi connectivity index (χ0v) is 10.6. The maximum atomic E-state index is 12.1. The lowest BCUT2D eigenvalue weighted by Gasteiger charge is -2.39. The molecular formula is C12H20N2O4. The van der Waals surface area contributed by atoms with Crippen LogP contribution in [-0.2, 0) is 9.53 Å². The van der Waals surface area contributed by atoms with E-state index in [1.165, 1.54) is 0 Å². The maximum absolute atomic E-state index is 12.1. The van der Waals surface area contributed by atoms with Crippen LogP contribution in [0.5, 0.6) is 0 Å². The highest BCUT2D eigenvalue weighted by Gasteiger charge is 2.42. The number of hydrogen-bond donors (Lipinski definition) is 2. The van der Waals surface area contributed by atoms with Gasteiger partial charge in [0.05, 0.1) is 0 Å². The molecule has 2 rings (SSSR count). The van der Waals surface area contributed by atoms with Crippen LogP contribution in [0.3, 0.4) is 0 Å². The molecule has 1 aliphatic carbocycles. The van der Waals surface area contributed by atoms with Gasteiger partial charge < -0.3 is 20.1 Å². The molecule has 2 aliphatic rings. The summed E-state index contributed by atoms with van der Waals surface area (Å²) in [5, 5.41) is 12.0. The maximum Gasteiger partial charge on any atom is 0.329 e. The highest BCUT2D eigenvalue weighted by molar-refractivity contribution is 5.86. The number of aliphatic carboxylic acids is 1. The summed E-state index contributed by atoms with van der Waals surface area (Å²) in [7, 11) is 1.73. The molecule has 1 saturated heterocycles. The summed E-state index contributed by atoms with van der Waals surface area (Å²) in [6.45, 7) is 0.749. The highest BCUT2D eigenvalue weighted by atomic mass is 16.5. The van der Waals surface area contributed by atoms with Crippen molar-refractivity contribution in [3.8, 4) is 0 Å². The van der Waals surface area contributed by atoms with Crippen LogP contribution in [0.2, 0.25) is 0 Å². The Balaban J connectivity index is 1.99. The van der Waals surface area contributed by atoms with E-state index in [1.54, 1.807) is 11.9 Å². The van der Waals surface area contributed by atoms with Crippen LogP contribution < -0.4 is 5.32 Å². The zero-order chi connectivity index (χ0) is 13.2. The first kappa shape index (κ1) is 13.1. The first-order valence-corrected chi connectivity index (χ1v) is 6.41. The average Bonchev–Trinajstić information content (AvgIpc) is 2.27. The van der Waals surface area contributed by atoms with Crippen molar-refractivity contribution in [2.45, 2.75) is 43.7 Å². The van der Waals surface area contributed by atoms with E-state index in [-0.39, 0.29) is 12.1 Å². The minimum Gasteiger partial charge on any atom is -0.480 e. The second kappa shape index (κ2) is 5.14. The fraction of sp³-hybridized carbons (Fsp3) is 0.833. The van der Waals surface area contributed by atoms with Crippen molar-refractivity contribution < 1.29 is 19.4 Å². The van der Waals surface area contributed by atoms with Crippen molar-refractivity contribution in [1.29, 1.82) is 0 Å². The number of carbonyl (C=O) groups excluding carboxylic acids is 1. The largest absolute Gasteiger partial charge is 0.480 e. The van der Waals surface area contributed by atoms with E-state index in [2.05, 4.69) is 5.32 Å². The third kappa shape index (κ3) is 2.43. The Bertz CT molecular complexity index is 335. The van der Waals surface area contributed by atoms with Crippen molar-refractivity contribution in [2.75, 3.05) is 20.3 Å². The Labute approximate surface area is 106 Å². The second-order valence-electron chi connectivity index (χ2n) is 5.13. The molecule has 2 fully saturated rings. The molecule has 102 valence electrons. The van der Waals surface area contributed by atoms with Crippen molar-refractivity contribution in [3.05, 3.63) is 0 Å². The van der Waals surface area contributed by atoms with Crippen LogP contribution in [-0.4, -0.2) is 53.8 Å². The third-order valence-corrected chi connectivity index (χ3v) is 4.04. The molecule has 0 spiro atoms. The molecule has 2 N–H and O–H groups in total. The molecule has 0 aromatic heterocycles. The summed E-state index contributed by atoms with van der Waals surface area (Å²) in [6.07, 6.45) is 3.81. The van der Waals surface area contributed by atoms with Gasteiger partial charge in [0.25, 0.3) is 0 Å². The van der Waals surface area contributed by atoms with Gasteiger partial charge in [0.1, 0.15) is 5.54 Å². The van der Waals surface area contributed by atoms with Gasteiger partial charge in [-0.25, -0.2) is 9.59 Å². The van der Waals surface area contributed by atoms with Gasteiger partial charge >= 0.3 is 12.0 Å². The lowest BCUT2D eigenvalue weighted by molar-refractivity contribution is -0.148. The van der Waals surface area contributed by atoms with Gasteiger partial charge in [-0.15, -0.1) is 0 Å². The molecule has 0 radical (unpaired) electrons. The molecule has 0 atom stereocenters. The van der Waals surface area contributed by atoms with Gasteiger partial charge in [0.2, 0.25) is 0 Å². The normalized spacial score (nSPS) is 22.9. The lowest BCUT2D eigenvalue weighted by atomic mass is 9.89. The zero-order valence-electron chi connectivity index (χ0n) is 10.6. The Kier molecular flexibility index (Phi) is 3.75. The summed E-state index contributed by atoms with van der Waals surface area (Å²) in [5.74, 6) is -0.971. The standard InChI is InChI=1S/C12H20N2O4/c1-14(9-3-2-4-9)11(17)13-12(10(15)16)5-7-18-8-6-12/h9H,2-8H2,1H3,(H,13,17)(H,15,16). The number of carboxylic acids is 1. The molecule has 0 unspecified atom stereocenters. The number of amides is 2. The quantitative estimate of drug-likeness (QED) is 0.783. The number of urea groups is 1. The fourth-order valence-electron chi connectivity index (χ4n) is 2.34. The topological polar surface area (TPSA) is 78.9 Å². The molecule has 6 nitrogen and oxygen atoms in total. The average molecular weight is 256 g/mol. The van der Waals surface area contributed by atoms with Gasteiger partial charge in [-0.05, 0) is 19.3 Å². The monoisotopic (exact) mass is 256 g/mol. The Morgan fingerprint density at radius 3 is 2.39 bits per heavy atom. The molecule has 1 heterocycles. The van der Waals surface area contributed by atoms with Crippen LogP contribution in [0.15, 0.2) is 0 Å². The molecule has 1 aliphatic heterocycles. The van der Waals surface area contributed by atoms with E-state index < -0.39 is 11.5 Å². The van der Waals surface area contributed by atoms with Crippen molar-refractivity contribution in [1.82, 2.24) is 10.2 Å². The van der Waals surface area contributed by atoms with Crippen LogP contribution in [0.4, 0.5) is 4.79 Å². The van der Waals surface area contributed by atoms with Gasteiger partial charge in [-0.2, -0.15) is 0 Å². The second-order valence-corrected chi connectivity index (χ2v) is 5.13. The molecular weight excluding hydrogens is 236 g/mol. The first-order valence-electron chi connectivity index (χ1n) is 6.41. The van der Waals surface area contributed by atoms with E-state index >= 15 is 0 Å². The SMILES string of the molecule is CN(C(=O)NC1(C(=O)O)CCOCC1)C1CCC1. The highest BCUT2D eigenvalue weighted by Crippen LogP contribution is 2.25. The summed E-state index contributed by atoms with van der Waals surface area (Å²) < 4.78 is 5.17. The molecule has 6 heteroatoms. The Morgan fingerprint density at radius 1 is 1.33 bits per heavy atom. The Morgan fingerprint density at radius 2 is 1.94 bits per heavy atom. The van der Waals surface area contributed by atoms with E-state index in [0.717, 1.165) is 19.3 Å². The first-order chi connectivity index (χ1) is 8.55. The fourth-order valence-corrected chi connectivity index (χ4v) is 2.34. The van der Waals surface area contributed by atoms with E-state index in [9.17, 15) is 14.7 Å². The number of rotatable bonds is 3. The van der Waals surface area contributed by atoms with Gasteiger partial charge in [0, 0.05) is 39.1 Å². The van der Waals surface area contributed by atoms with E-state index in [4.69, 9.17) is 4.74 Å². The summed E-state index contributed by atoms with van der Waals surface area (Å²) in [5.41, 5.74) is -1.16. The van der Waals surface area contributed by atoms with Crippen LogP contribution >= 0.6 is 0 Å². The number of carboxylic acid groups (broad SMARTS) is 1. The predicted octanol–water partition coefficient (Wildman–Crippen LogP) is 0.814. The molecule has 0 aromatic carbocycles. The third-order valence-electron chi connectivity index (χ3n) is 4.04. The molecule has 0 aromatic rings. The Hall–Kier alpha value is -1.30. The predicted molar refractivity (Wildman–Crippen MR) is 64.4 cm³/mol. The van der Waals surface area contributed by atoms with Crippen molar-refractivity contribution >= 4 is 12.0 Å². The molecule has 18 heavy (non-hydrogen) atoms. The van der Waals surface area contributed by atoms with Gasteiger partial charge in [-0.3, -0.25) is 0 Å². The van der Waals surface area contributed by atoms with Crippen LogP contribution in [0.1, 0.15) is 32.1 Å². The molecule has 1 saturated carbocycles. The lowest BCUT2D eigenvalue weighted by Crippen LogP contribution is -2.61. The smallest absolute Gasteiger partial charge is 0.329 e. The minimum absolute atomic E-state index is 0.260. The van der Waals surface area contributed by atoms with Gasteiger partial charge in [-0.1, -0.05) is 0 Å². The number of nitrogens with zero attached hydrogens (tertiary/aromatic N) is 1. The summed E-state index contributed by atoms with van der Waals surface area (Å²) >= 11 is 0. The number of nitrogens with one attached hydrogen (secondary N) is 1. The molecule has 0 bridgehead atoms. The molecule has 2 amide bonds. The number of ether oxygens (including phenoxy) is 1. The summed E-state index contributed by atoms with van der Waals surface area (Å²) in [6, 6.07) is -0.0281. The van der Waals surface area contributed by atoms with Crippen molar-refractivity contribution in [3.63, 3.8) is 0 Å². The van der Waals surface area contributed by atoms with E-state index in [0.29, 0.717) is 26.1 Å². The van der Waals surface area contributed by atoms with E-state index in [1.807, 2.05) is 0 Å². The summed E-state index contributed by atoms with van der Waals surface area (Å²) in [4.78, 5) is 25.1. The van der Waals surface area contributed by atoms with Crippen LogP contribution in [0, 0.1) is 0 Å². The van der Waals surface area contributed by atoms with Crippen molar-refractivity contribution in [2.24, 2.45) is 0 Å². The van der Waals surface area contributed by atoms with Gasteiger partial charge in [0.15, 0.2) is 0 Å². The minimum atomic E-state index is -1.16.